The Morgan fingerprint density at radius 3 is 2.13 bits per heavy atom. The Labute approximate surface area is 111 Å². The van der Waals surface area contributed by atoms with Gasteiger partial charge in [-0.1, -0.05) is 13.3 Å². The summed E-state index contributed by atoms with van der Waals surface area (Å²) < 4.78 is 2.17. The minimum atomic E-state index is -2.11. The van der Waals surface area contributed by atoms with Crippen LogP contribution in [0.15, 0.2) is 18.7 Å². The summed E-state index contributed by atoms with van der Waals surface area (Å²) in [5, 5.41) is 0. The zero-order chi connectivity index (χ0) is 11.9. The van der Waals surface area contributed by atoms with E-state index in [0.29, 0.717) is 0 Å². The van der Waals surface area contributed by atoms with Gasteiger partial charge in [-0.2, -0.15) is 0 Å². The van der Waals surface area contributed by atoms with E-state index in [1.54, 1.807) is 0 Å². The molecule has 0 aliphatic heterocycles. The molecule has 0 saturated heterocycles. The molecule has 1 aromatic heterocycles. The Bertz CT molecular complexity index is 266. The van der Waals surface area contributed by atoms with Gasteiger partial charge in [-0.15, -0.1) is 0 Å². The molecule has 0 aliphatic rings. The molecule has 0 N–H and O–H groups in total. The summed E-state index contributed by atoms with van der Waals surface area (Å²) in [6.07, 6.45) is 8.82. The molecule has 0 aliphatic carbocycles. The Kier molecular flexibility index (Phi) is 7.89. The molecule has 0 amide bonds. The average Bonchev–Trinajstić information content (AvgIpc) is 2.45. The molecule has 88 valence electrons. The lowest BCUT2D eigenvalue weighted by molar-refractivity contribution is -0.671. The van der Waals surface area contributed by atoms with Crippen LogP contribution in [0.1, 0.15) is 19.8 Å². The quantitative estimate of drug-likeness (QED) is 0.595. The Morgan fingerprint density at radius 2 is 1.80 bits per heavy atom. The second-order valence-corrected chi connectivity index (χ2v) is 7.12. The van der Waals surface area contributed by atoms with Crippen molar-refractivity contribution < 1.29 is 4.57 Å². The van der Waals surface area contributed by atoms with E-state index in [2.05, 4.69) is 34.8 Å². The third kappa shape index (κ3) is 12.4. The molecule has 2 nitrogen and oxygen atoms in total. The first-order valence-electron chi connectivity index (χ1n) is 4.71. The largest absolute Gasteiger partial charge is 0.332 e. The second-order valence-electron chi connectivity index (χ2n) is 3.17. The van der Waals surface area contributed by atoms with E-state index in [4.69, 9.17) is 45.8 Å². The second kappa shape index (κ2) is 7.67. The first kappa shape index (κ1) is 15.4. The van der Waals surface area contributed by atoms with E-state index < -0.39 is 3.81 Å². The van der Waals surface area contributed by atoms with Gasteiger partial charge in [0.25, 0.3) is 0 Å². The van der Waals surface area contributed by atoms with Crippen LogP contribution in [0.4, 0.5) is 0 Å². The molecule has 0 aromatic carbocycles. The van der Waals surface area contributed by atoms with Gasteiger partial charge < -0.3 is 45.8 Å². The molecule has 7 heteroatoms. The molecule has 0 radical (unpaired) electrons. The molecule has 0 spiro atoms. The van der Waals surface area contributed by atoms with Crippen molar-refractivity contribution in [2.75, 3.05) is 0 Å². The Hall–Kier alpha value is 0.435. The van der Waals surface area contributed by atoms with Crippen molar-refractivity contribution in [2.24, 2.45) is 7.05 Å². The maximum Gasteiger partial charge on any atom is 0.328 e. The Morgan fingerprint density at radius 1 is 1.27 bits per heavy atom. The van der Waals surface area contributed by atoms with Gasteiger partial charge in [0.1, 0.15) is 12.4 Å². The summed E-state index contributed by atoms with van der Waals surface area (Å²) in [5.74, 6) is 0. The fourth-order valence-corrected chi connectivity index (χ4v) is 0.975. The zero-order valence-electron chi connectivity index (χ0n) is 8.84. The predicted molar refractivity (Wildman–Crippen MR) is 69.7 cm³/mol. The highest BCUT2D eigenvalue weighted by Gasteiger charge is 2.03. The highest BCUT2D eigenvalue weighted by Crippen LogP contribution is 2.23. The van der Waals surface area contributed by atoms with Gasteiger partial charge in [0, 0.05) is 0 Å². The van der Waals surface area contributed by atoms with Crippen LogP contribution < -0.4 is 4.57 Å². The fourth-order valence-electron chi connectivity index (χ4n) is 0.975. The molecule has 0 unspecified atom stereocenters. The van der Waals surface area contributed by atoms with Crippen molar-refractivity contribution in [3.05, 3.63) is 18.7 Å². The third-order valence-corrected chi connectivity index (χ3v) is 1.59. The summed E-state index contributed by atoms with van der Waals surface area (Å²) in [7, 11) is 2.04. The Balaban J connectivity index is 0.000000336. The van der Waals surface area contributed by atoms with E-state index in [1.807, 2.05) is 7.05 Å². The van der Waals surface area contributed by atoms with Crippen molar-refractivity contribution >= 4 is 49.6 Å². The molecule has 0 saturated carbocycles. The normalized spacial score (nSPS) is 10.8. The maximum atomic E-state index is 4.89. The zero-order valence-corrected chi connectivity index (χ0v) is 11.9. The summed E-state index contributed by atoms with van der Waals surface area (Å²) in [5.41, 5.74) is 0. The van der Waals surface area contributed by atoms with E-state index in [0.717, 1.165) is 6.54 Å². The molecule has 0 atom stereocenters. The first-order chi connectivity index (χ1) is 6.83. The van der Waals surface area contributed by atoms with E-state index >= 15 is 0 Å². The minimum Gasteiger partial charge on any atom is -0.332 e. The highest BCUT2D eigenvalue weighted by atomic mass is 35.6. The van der Waals surface area contributed by atoms with Crippen LogP contribution in [-0.2, 0) is 13.6 Å². The van der Waals surface area contributed by atoms with Gasteiger partial charge >= 0.3 is 3.81 Å². The molecule has 0 bridgehead atoms. The number of rotatable bonds is 3. The predicted octanol–water partition coefficient (Wildman–Crippen LogP) is 3.49. The molecule has 1 heterocycles. The van der Waals surface area contributed by atoms with Crippen LogP contribution in [0.5, 0.6) is 0 Å². The standard InChI is InChI=1S/C8H15N2.BCl4/c1-3-4-5-10-7-6-9(2)8-10;2-1(3,4)5/h6-8H,3-5H2,1-2H3;/q+1;-1. The van der Waals surface area contributed by atoms with Crippen molar-refractivity contribution in [1.82, 2.24) is 4.57 Å². The van der Waals surface area contributed by atoms with Crippen LogP contribution in [0.25, 0.3) is 0 Å². The van der Waals surface area contributed by atoms with Crippen LogP contribution in [0, 0.1) is 0 Å². The monoisotopic (exact) mass is 290 g/mol. The summed E-state index contributed by atoms with van der Waals surface area (Å²) in [4.78, 5) is 0. The number of aromatic nitrogens is 2. The van der Waals surface area contributed by atoms with Crippen molar-refractivity contribution in [3.8, 4) is 0 Å². The summed E-state index contributed by atoms with van der Waals surface area (Å²) in [6, 6.07) is 0. The van der Waals surface area contributed by atoms with Crippen molar-refractivity contribution in [1.29, 1.82) is 0 Å². The topological polar surface area (TPSA) is 8.81 Å². The number of imidazole rings is 1. The number of halogens is 4. The van der Waals surface area contributed by atoms with Gasteiger partial charge in [-0.25, -0.2) is 9.13 Å². The van der Waals surface area contributed by atoms with Gasteiger partial charge in [0.2, 0.25) is 6.33 Å². The molecular formula is C8H15BCl4N2. The number of nitrogens with zero attached hydrogens (tertiary/aromatic N) is 2. The van der Waals surface area contributed by atoms with Gasteiger partial charge in [-0.3, -0.25) is 0 Å². The molecule has 1 aromatic rings. The molecule has 15 heavy (non-hydrogen) atoms. The van der Waals surface area contributed by atoms with E-state index in [-0.39, 0.29) is 0 Å². The first-order valence-corrected chi connectivity index (χ1v) is 6.46. The number of hydrogen-bond donors (Lipinski definition) is 0. The lowest BCUT2D eigenvalue weighted by Gasteiger charge is -2.03. The molecule has 0 fully saturated rings. The SMILES string of the molecule is CCCCn1cc[n+](C)c1.Cl[B-](Cl)(Cl)Cl. The average molecular weight is 292 g/mol. The van der Waals surface area contributed by atoms with Crippen LogP contribution in [0.3, 0.4) is 0 Å². The maximum absolute atomic E-state index is 4.89. The van der Waals surface area contributed by atoms with Gasteiger partial charge in [0.05, 0.1) is 13.6 Å². The highest BCUT2D eigenvalue weighted by molar-refractivity contribution is 7.81. The van der Waals surface area contributed by atoms with Crippen LogP contribution in [-0.4, -0.2) is 8.37 Å². The number of unbranched alkanes of at least 4 members (excludes halogenated alkanes) is 1. The number of hydrogen-bond acceptors (Lipinski definition) is 0. The van der Waals surface area contributed by atoms with Crippen LogP contribution >= 0.6 is 45.8 Å². The van der Waals surface area contributed by atoms with Gasteiger partial charge in [0.15, 0.2) is 0 Å². The molecule has 1 rings (SSSR count). The fraction of sp³-hybridized carbons (Fsp3) is 0.625. The summed E-state index contributed by atoms with van der Waals surface area (Å²) in [6.45, 7) is 3.36. The number of aryl methyl sites for hydroxylation is 2. The van der Waals surface area contributed by atoms with Gasteiger partial charge in [-0.05, 0) is 6.42 Å². The summed E-state index contributed by atoms with van der Waals surface area (Å²) >= 11 is 19.6. The van der Waals surface area contributed by atoms with E-state index in [1.165, 1.54) is 12.8 Å². The van der Waals surface area contributed by atoms with Crippen LogP contribution in [0.2, 0.25) is 0 Å². The minimum absolute atomic E-state index is 1.15. The van der Waals surface area contributed by atoms with Crippen molar-refractivity contribution in [2.45, 2.75) is 26.3 Å². The third-order valence-electron chi connectivity index (χ3n) is 1.59. The van der Waals surface area contributed by atoms with Crippen molar-refractivity contribution in [3.63, 3.8) is 0 Å². The lowest BCUT2D eigenvalue weighted by Crippen LogP contribution is -2.23. The van der Waals surface area contributed by atoms with E-state index in [9.17, 15) is 0 Å². The lowest BCUT2D eigenvalue weighted by atomic mass is 10.3. The molecular weight excluding hydrogens is 277 g/mol. The smallest absolute Gasteiger partial charge is 0.328 e.